The third kappa shape index (κ3) is 3.32. The Morgan fingerprint density at radius 1 is 1.44 bits per heavy atom. The fourth-order valence-electron chi connectivity index (χ4n) is 1.98. The van der Waals surface area contributed by atoms with Crippen LogP contribution in [0.15, 0.2) is 24.3 Å². The van der Waals surface area contributed by atoms with Crippen LogP contribution in [-0.4, -0.2) is 29.8 Å². The summed E-state index contributed by atoms with van der Waals surface area (Å²) in [6, 6.07) is 9.71. The fourth-order valence-corrected chi connectivity index (χ4v) is 2.22. The number of hydrogen-bond acceptors (Lipinski definition) is 3. The number of nitriles is 1. The minimum absolute atomic E-state index is 0.0328. The van der Waals surface area contributed by atoms with Crippen molar-refractivity contribution in [3.05, 3.63) is 34.9 Å². The second-order valence-electron chi connectivity index (χ2n) is 4.51. The Morgan fingerprint density at radius 3 is 2.78 bits per heavy atom. The molecular weight excluding hydrogens is 248 g/mol. The number of benzene rings is 1. The second kappa shape index (κ2) is 5.99. The van der Waals surface area contributed by atoms with E-state index in [4.69, 9.17) is 16.9 Å². The first kappa shape index (κ1) is 13.1. The average Bonchev–Trinajstić information content (AvgIpc) is 3.19. The van der Waals surface area contributed by atoms with Gasteiger partial charge in [0.25, 0.3) is 0 Å². The number of ketones is 1. The van der Waals surface area contributed by atoms with E-state index in [-0.39, 0.29) is 5.78 Å². The van der Waals surface area contributed by atoms with Crippen LogP contribution >= 0.6 is 11.6 Å². The topological polar surface area (TPSA) is 44.1 Å². The van der Waals surface area contributed by atoms with Gasteiger partial charge >= 0.3 is 0 Å². The molecule has 18 heavy (non-hydrogen) atoms. The van der Waals surface area contributed by atoms with Crippen molar-refractivity contribution >= 4 is 17.4 Å². The van der Waals surface area contributed by atoms with Gasteiger partial charge in [-0.05, 0) is 25.0 Å². The lowest BCUT2D eigenvalue weighted by Crippen LogP contribution is -2.32. The van der Waals surface area contributed by atoms with E-state index in [0.29, 0.717) is 36.1 Å². The fraction of sp³-hybridized carbons (Fsp3) is 0.429. The Bertz CT molecular complexity index is 477. The summed E-state index contributed by atoms with van der Waals surface area (Å²) < 4.78 is 0. The third-order valence-corrected chi connectivity index (χ3v) is 3.42. The lowest BCUT2D eigenvalue weighted by Gasteiger charge is -2.19. The number of nitrogens with zero attached hydrogens (tertiary/aromatic N) is 2. The van der Waals surface area contributed by atoms with Crippen molar-refractivity contribution in [2.45, 2.75) is 25.3 Å². The van der Waals surface area contributed by atoms with Gasteiger partial charge in [0.15, 0.2) is 5.78 Å². The summed E-state index contributed by atoms with van der Waals surface area (Å²) in [5.74, 6) is 0.0328. The van der Waals surface area contributed by atoms with Gasteiger partial charge in [-0.2, -0.15) is 5.26 Å². The van der Waals surface area contributed by atoms with Crippen LogP contribution in [0.5, 0.6) is 0 Å². The first-order valence-corrected chi connectivity index (χ1v) is 6.49. The number of Topliss-reactive ketones (excluding diaryl/α,β-unsaturated/α-hetero) is 1. The zero-order valence-corrected chi connectivity index (χ0v) is 10.9. The van der Waals surface area contributed by atoms with Crippen molar-refractivity contribution in [1.29, 1.82) is 5.26 Å². The molecule has 0 amide bonds. The van der Waals surface area contributed by atoms with E-state index in [9.17, 15) is 4.79 Å². The van der Waals surface area contributed by atoms with Crippen LogP contribution in [-0.2, 0) is 0 Å². The summed E-state index contributed by atoms with van der Waals surface area (Å²) in [4.78, 5) is 14.3. The molecule has 0 N–H and O–H groups in total. The molecule has 2 rings (SSSR count). The Kier molecular flexibility index (Phi) is 4.35. The maximum atomic E-state index is 12.2. The van der Waals surface area contributed by atoms with E-state index in [0.717, 1.165) is 12.8 Å². The monoisotopic (exact) mass is 262 g/mol. The molecular formula is C14H15ClN2O. The Labute approximate surface area is 112 Å². The molecule has 0 atom stereocenters. The first-order chi connectivity index (χ1) is 8.72. The maximum Gasteiger partial charge on any atom is 0.178 e. The van der Waals surface area contributed by atoms with Crippen molar-refractivity contribution in [3.8, 4) is 6.07 Å². The quantitative estimate of drug-likeness (QED) is 0.741. The van der Waals surface area contributed by atoms with Crippen LogP contribution in [0.1, 0.15) is 29.6 Å². The molecule has 0 bridgehead atoms. The highest BCUT2D eigenvalue weighted by Gasteiger charge is 2.30. The minimum Gasteiger partial charge on any atom is -0.293 e. The molecule has 1 aliphatic carbocycles. The van der Waals surface area contributed by atoms with Gasteiger partial charge in [-0.25, -0.2) is 0 Å². The molecule has 0 aromatic heterocycles. The molecule has 1 aromatic carbocycles. The van der Waals surface area contributed by atoms with Gasteiger partial charge < -0.3 is 0 Å². The van der Waals surface area contributed by atoms with Crippen molar-refractivity contribution in [1.82, 2.24) is 4.90 Å². The number of hydrogen-bond donors (Lipinski definition) is 0. The van der Waals surface area contributed by atoms with Gasteiger partial charge in [-0.15, -0.1) is 0 Å². The SMILES string of the molecule is N#CCCN(CC(=O)c1ccccc1Cl)C1CC1. The highest BCUT2D eigenvalue weighted by Crippen LogP contribution is 2.27. The molecule has 0 saturated heterocycles. The lowest BCUT2D eigenvalue weighted by molar-refractivity contribution is 0.0926. The second-order valence-corrected chi connectivity index (χ2v) is 4.92. The number of halogens is 1. The molecule has 94 valence electrons. The highest BCUT2D eigenvalue weighted by molar-refractivity contribution is 6.34. The zero-order valence-electron chi connectivity index (χ0n) is 10.1. The maximum absolute atomic E-state index is 12.2. The zero-order chi connectivity index (χ0) is 13.0. The van der Waals surface area contributed by atoms with Gasteiger partial charge in [-0.1, -0.05) is 23.7 Å². The van der Waals surface area contributed by atoms with E-state index in [2.05, 4.69) is 11.0 Å². The third-order valence-electron chi connectivity index (χ3n) is 3.10. The molecule has 1 aromatic rings. The van der Waals surface area contributed by atoms with Crippen LogP contribution in [0.2, 0.25) is 5.02 Å². The van der Waals surface area contributed by atoms with Crippen molar-refractivity contribution in [3.63, 3.8) is 0 Å². The number of carbonyl (C=O) groups excluding carboxylic acids is 1. The van der Waals surface area contributed by atoms with Crippen molar-refractivity contribution < 1.29 is 4.79 Å². The standard InChI is InChI=1S/C14H15ClN2O/c15-13-5-2-1-4-12(13)14(18)10-17(9-3-8-16)11-6-7-11/h1-2,4-5,11H,3,6-7,9-10H2. The molecule has 4 heteroatoms. The lowest BCUT2D eigenvalue weighted by atomic mass is 10.1. The summed E-state index contributed by atoms with van der Waals surface area (Å²) in [7, 11) is 0. The number of carbonyl (C=O) groups is 1. The van der Waals surface area contributed by atoms with Crippen LogP contribution in [0, 0.1) is 11.3 Å². The summed E-state index contributed by atoms with van der Waals surface area (Å²) in [5, 5.41) is 9.13. The van der Waals surface area contributed by atoms with Crippen molar-refractivity contribution in [2.75, 3.05) is 13.1 Å². The van der Waals surface area contributed by atoms with Crippen LogP contribution in [0.4, 0.5) is 0 Å². The van der Waals surface area contributed by atoms with Crippen molar-refractivity contribution in [2.24, 2.45) is 0 Å². The van der Waals surface area contributed by atoms with E-state index in [1.807, 2.05) is 12.1 Å². The summed E-state index contributed by atoms with van der Waals surface area (Å²) in [6.45, 7) is 1.02. The molecule has 1 aliphatic rings. The molecule has 0 heterocycles. The van der Waals surface area contributed by atoms with E-state index < -0.39 is 0 Å². The van der Waals surface area contributed by atoms with Gasteiger partial charge in [0.2, 0.25) is 0 Å². The normalized spacial score (nSPS) is 14.5. The minimum atomic E-state index is 0.0328. The molecule has 0 radical (unpaired) electrons. The first-order valence-electron chi connectivity index (χ1n) is 6.11. The van der Waals surface area contributed by atoms with Crippen LogP contribution < -0.4 is 0 Å². The summed E-state index contributed by atoms with van der Waals surface area (Å²) >= 11 is 6.01. The molecule has 0 spiro atoms. The van der Waals surface area contributed by atoms with Crippen LogP contribution in [0.25, 0.3) is 0 Å². The average molecular weight is 263 g/mol. The Morgan fingerprint density at radius 2 is 2.17 bits per heavy atom. The highest BCUT2D eigenvalue weighted by atomic mass is 35.5. The smallest absolute Gasteiger partial charge is 0.178 e. The van der Waals surface area contributed by atoms with Crippen LogP contribution in [0.3, 0.4) is 0 Å². The van der Waals surface area contributed by atoms with Gasteiger partial charge in [-0.3, -0.25) is 9.69 Å². The summed E-state index contributed by atoms with van der Waals surface area (Å²) in [6.07, 6.45) is 2.72. The van der Waals surface area contributed by atoms with E-state index >= 15 is 0 Å². The van der Waals surface area contributed by atoms with E-state index in [1.54, 1.807) is 12.1 Å². The molecule has 3 nitrogen and oxygen atoms in total. The largest absolute Gasteiger partial charge is 0.293 e. The molecule has 0 aliphatic heterocycles. The van der Waals surface area contributed by atoms with E-state index in [1.165, 1.54) is 0 Å². The molecule has 1 saturated carbocycles. The predicted octanol–water partition coefficient (Wildman–Crippen LogP) is 2.90. The Hall–Kier alpha value is -1.37. The predicted molar refractivity (Wildman–Crippen MR) is 70.6 cm³/mol. The molecule has 1 fully saturated rings. The van der Waals surface area contributed by atoms with Gasteiger partial charge in [0, 0.05) is 24.6 Å². The van der Waals surface area contributed by atoms with Gasteiger partial charge in [0.1, 0.15) is 0 Å². The van der Waals surface area contributed by atoms with Gasteiger partial charge in [0.05, 0.1) is 17.6 Å². The Balaban J connectivity index is 2.01. The summed E-state index contributed by atoms with van der Waals surface area (Å²) in [5.41, 5.74) is 0.571. The molecule has 0 unspecified atom stereocenters. The number of rotatable bonds is 6.